The van der Waals surface area contributed by atoms with E-state index >= 15 is 0 Å². The van der Waals surface area contributed by atoms with Crippen molar-refractivity contribution in [3.63, 3.8) is 0 Å². The predicted octanol–water partition coefficient (Wildman–Crippen LogP) is 3.64. The number of rotatable bonds is 10. The number of nitrogens with zero attached hydrogens (tertiary/aromatic N) is 1. The van der Waals surface area contributed by atoms with Gasteiger partial charge in [-0.05, 0) is 61.4 Å². The Kier molecular flexibility index (Phi) is 8.45. The molecule has 158 valence electrons. The van der Waals surface area contributed by atoms with Crippen molar-refractivity contribution in [3.05, 3.63) is 58.3 Å². The summed E-state index contributed by atoms with van der Waals surface area (Å²) >= 11 is 3.40. The van der Waals surface area contributed by atoms with Crippen molar-refractivity contribution in [2.75, 3.05) is 30.3 Å². The van der Waals surface area contributed by atoms with Gasteiger partial charge in [-0.2, -0.15) is 0 Å². The van der Waals surface area contributed by atoms with Gasteiger partial charge in [-0.3, -0.25) is 9.10 Å². The Balaban J connectivity index is 1.77. The number of benzene rings is 2. The van der Waals surface area contributed by atoms with Crippen molar-refractivity contribution in [2.24, 2.45) is 0 Å². The molecule has 1 amide bonds. The number of halogens is 2. The van der Waals surface area contributed by atoms with Gasteiger partial charge in [0.1, 0.15) is 18.2 Å². The maximum absolute atomic E-state index is 12.8. The molecule has 0 aromatic heterocycles. The summed E-state index contributed by atoms with van der Waals surface area (Å²) in [4.78, 5) is 12.0. The van der Waals surface area contributed by atoms with Gasteiger partial charge in [-0.15, -0.1) is 0 Å². The number of hydrogen-bond donors (Lipinski definition) is 1. The number of nitrogens with one attached hydrogen (secondary N) is 1. The Morgan fingerprint density at radius 1 is 1.21 bits per heavy atom. The highest BCUT2D eigenvalue weighted by molar-refractivity contribution is 9.10. The number of aryl methyl sites for hydroxylation is 1. The first kappa shape index (κ1) is 23.2. The Labute approximate surface area is 179 Å². The molecule has 0 fully saturated rings. The summed E-state index contributed by atoms with van der Waals surface area (Å²) in [5.74, 6) is -0.00512. The fourth-order valence-electron chi connectivity index (χ4n) is 2.63. The monoisotopic (exact) mass is 486 g/mol. The second kappa shape index (κ2) is 10.6. The van der Waals surface area contributed by atoms with Crippen LogP contribution in [0.5, 0.6) is 5.75 Å². The molecule has 1 N–H and O–H groups in total. The third-order valence-corrected chi connectivity index (χ3v) is 6.19. The van der Waals surface area contributed by atoms with E-state index in [0.717, 1.165) is 16.3 Å². The lowest BCUT2D eigenvalue weighted by atomic mass is 10.2. The lowest BCUT2D eigenvalue weighted by molar-refractivity contribution is -0.121. The number of carbonyl (C=O) groups excluding carboxylic acids is 1. The summed E-state index contributed by atoms with van der Waals surface area (Å²) < 4.78 is 44.7. The molecule has 0 aliphatic heterocycles. The van der Waals surface area contributed by atoms with Crippen LogP contribution in [-0.4, -0.2) is 40.3 Å². The first-order valence-electron chi connectivity index (χ1n) is 9.06. The first-order valence-corrected chi connectivity index (χ1v) is 11.7. The smallest absolute Gasteiger partial charge is 0.232 e. The van der Waals surface area contributed by atoms with E-state index in [0.29, 0.717) is 24.4 Å². The van der Waals surface area contributed by atoms with Crippen LogP contribution in [0.1, 0.15) is 18.4 Å². The number of carbonyl (C=O) groups is 1. The zero-order valence-corrected chi connectivity index (χ0v) is 18.7. The highest BCUT2D eigenvalue weighted by Gasteiger charge is 2.18. The Morgan fingerprint density at radius 2 is 1.90 bits per heavy atom. The molecule has 2 aromatic rings. The molecule has 0 aliphatic rings. The second-order valence-electron chi connectivity index (χ2n) is 6.52. The Bertz CT molecular complexity index is 936. The highest BCUT2D eigenvalue weighted by atomic mass is 79.9. The molecule has 0 radical (unpaired) electrons. The zero-order chi connectivity index (χ0) is 21.4. The normalized spacial score (nSPS) is 11.2. The van der Waals surface area contributed by atoms with Crippen molar-refractivity contribution in [3.8, 4) is 5.75 Å². The molecule has 0 aliphatic carbocycles. The number of amides is 1. The van der Waals surface area contributed by atoms with Crippen LogP contribution in [0.3, 0.4) is 0 Å². The van der Waals surface area contributed by atoms with Crippen LogP contribution in [0.2, 0.25) is 0 Å². The largest absolute Gasteiger partial charge is 0.492 e. The van der Waals surface area contributed by atoms with Crippen LogP contribution in [0.4, 0.5) is 10.1 Å². The Hall–Kier alpha value is -2.13. The summed E-state index contributed by atoms with van der Waals surface area (Å²) in [5, 5.41) is 2.72. The van der Waals surface area contributed by atoms with Gasteiger partial charge in [0.15, 0.2) is 0 Å². The molecule has 0 bridgehead atoms. The third kappa shape index (κ3) is 7.66. The average molecular weight is 487 g/mol. The van der Waals surface area contributed by atoms with Gasteiger partial charge in [0.25, 0.3) is 0 Å². The van der Waals surface area contributed by atoms with E-state index in [9.17, 15) is 17.6 Å². The van der Waals surface area contributed by atoms with Gasteiger partial charge < -0.3 is 10.1 Å². The fraction of sp³-hybridized carbons (Fsp3) is 0.350. The lowest BCUT2D eigenvalue weighted by Gasteiger charge is -2.23. The van der Waals surface area contributed by atoms with E-state index in [1.807, 2.05) is 6.92 Å². The lowest BCUT2D eigenvalue weighted by Crippen LogP contribution is -2.33. The van der Waals surface area contributed by atoms with Crippen LogP contribution < -0.4 is 14.4 Å². The first-order chi connectivity index (χ1) is 13.7. The van der Waals surface area contributed by atoms with E-state index in [4.69, 9.17) is 4.74 Å². The van der Waals surface area contributed by atoms with Crippen molar-refractivity contribution >= 4 is 37.5 Å². The number of hydrogen-bond acceptors (Lipinski definition) is 4. The van der Waals surface area contributed by atoms with Crippen molar-refractivity contribution in [1.29, 1.82) is 0 Å². The molecule has 0 unspecified atom stereocenters. The molecule has 9 heteroatoms. The number of sulfonamides is 1. The van der Waals surface area contributed by atoms with E-state index in [-0.39, 0.29) is 31.3 Å². The van der Waals surface area contributed by atoms with Crippen LogP contribution in [0.25, 0.3) is 0 Å². The van der Waals surface area contributed by atoms with Gasteiger partial charge in [0, 0.05) is 17.4 Å². The van der Waals surface area contributed by atoms with Gasteiger partial charge in [0.2, 0.25) is 15.9 Å². The van der Waals surface area contributed by atoms with Gasteiger partial charge in [-0.25, -0.2) is 12.8 Å². The van der Waals surface area contributed by atoms with Crippen LogP contribution >= 0.6 is 15.9 Å². The summed E-state index contributed by atoms with van der Waals surface area (Å²) in [5.41, 5.74) is 1.50. The second-order valence-corrected chi connectivity index (χ2v) is 9.29. The van der Waals surface area contributed by atoms with Crippen LogP contribution in [0.15, 0.2) is 46.9 Å². The molecule has 0 spiro atoms. The minimum absolute atomic E-state index is 0.187. The van der Waals surface area contributed by atoms with Crippen LogP contribution in [-0.2, 0) is 14.8 Å². The fourth-order valence-corrected chi connectivity index (χ4v) is 3.84. The zero-order valence-electron chi connectivity index (χ0n) is 16.3. The number of anilines is 1. The highest BCUT2D eigenvalue weighted by Crippen LogP contribution is 2.25. The van der Waals surface area contributed by atoms with E-state index in [1.54, 1.807) is 18.2 Å². The summed E-state index contributed by atoms with van der Waals surface area (Å²) in [6.07, 6.45) is 1.72. The standard InChI is InChI=1S/C20H24BrFN2O4S/c1-15-14-17(7-10-19(15)21)24(29(2,26)27)12-3-4-20(25)23-11-13-28-18-8-5-16(22)6-9-18/h5-10,14H,3-4,11-13H2,1-2H3,(H,23,25). The average Bonchev–Trinajstić information content (AvgIpc) is 2.65. The molecule has 0 atom stereocenters. The maximum Gasteiger partial charge on any atom is 0.232 e. The van der Waals surface area contributed by atoms with E-state index in [2.05, 4.69) is 21.2 Å². The molecule has 6 nitrogen and oxygen atoms in total. The molecule has 2 aromatic carbocycles. The van der Waals surface area contributed by atoms with Gasteiger partial charge in [-0.1, -0.05) is 15.9 Å². The van der Waals surface area contributed by atoms with Crippen molar-refractivity contribution < 1.29 is 22.3 Å². The topological polar surface area (TPSA) is 75.7 Å². The quantitative estimate of drug-likeness (QED) is 0.520. The van der Waals surface area contributed by atoms with Gasteiger partial charge >= 0.3 is 0 Å². The predicted molar refractivity (Wildman–Crippen MR) is 115 cm³/mol. The summed E-state index contributed by atoms with van der Waals surface area (Å²) in [6, 6.07) is 10.9. The minimum atomic E-state index is -3.46. The van der Waals surface area contributed by atoms with Crippen molar-refractivity contribution in [1.82, 2.24) is 5.32 Å². The Morgan fingerprint density at radius 3 is 2.52 bits per heavy atom. The van der Waals surface area contributed by atoms with E-state index < -0.39 is 10.0 Å². The maximum atomic E-state index is 12.8. The third-order valence-electron chi connectivity index (χ3n) is 4.10. The SMILES string of the molecule is Cc1cc(N(CCCC(=O)NCCOc2ccc(F)cc2)S(C)(=O)=O)ccc1Br. The number of ether oxygens (including phenoxy) is 1. The van der Waals surface area contributed by atoms with E-state index in [1.165, 1.54) is 28.6 Å². The molecule has 0 saturated heterocycles. The van der Waals surface area contributed by atoms with Crippen LogP contribution in [0, 0.1) is 12.7 Å². The van der Waals surface area contributed by atoms with Gasteiger partial charge in [0.05, 0.1) is 18.5 Å². The molecular formula is C20H24BrFN2O4S. The summed E-state index contributed by atoms with van der Waals surface area (Å²) in [7, 11) is -3.46. The minimum Gasteiger partial charge on any atom is -0.492 e. The summed E-state index contributed by atoms with van der Waals surface area (Å²) in [6.45, 7) is 2.65. The molecule has 0 saturated carbocycles. The molecule has 29 heavy (non-hydrogen) atoms. The molecule has 2 rings (SSSR count). The molecule has 0 heterocycles. The van der Waals surface area contributed by atoms with Crippen molar-refractivity contribution in [2.45, 2.75) is 19.8 Å². The molecular weight excluding hydrogens is 463 g/mol.